The number of H-pyrrole nitrogens is 1. The van der Waals surface area contributed by atoms with Crippen LogP contribution < -0.4 is 5.73 Å². The number of nitrogens with zero attached hydrogens (tertiary/aromatic N) is 2. The number of hydrogen-bond acceptors (Lipinski definition) is 4. The molecule has 0 unspecified atom stereocenters. The van der Waals surface area contributed by atoms with Crippen molar-refractivity contribution >= 4 is 17.3 Å². The average molecular weight is 208 g/mol. The third-order valence-corrected chi connectivity index (χ3v) is 2.90. The van der Waals surface area contributed by atoms with E-state index in [1.807, 2.05) is 0 Å². The molecular weight excluding hydrogens is 196 g/mol. The lowest BCUT2D eigenvalue weighted by molar-refractivity contribution is 0.782. The topological polar surface area (TPSA) is 67.6 Å². The smallest absolute Gasteiger partial charge is 0.239 e. The van der Waals surface area contributed by atoms with E-state index in [9.17, 15) is 0 Å². The van der Waals surface area contributed by atoms with Crippen molar-refractivity contribution in [1.29, 1.82) is 0 Å². The van der Waals surface area contributed by atoms with Gasteiger partial charge in [0.25, 0.3) is 0 Å². The predicted molar refractivity (Wildman–Crippen MR) is 57.1 cm³/mol. The fourth-order valence-corrected chi connectivity index (χ4v) is 2.06. The van der Waals surface area contributed by atoms with Gasteiger partial charge in [-0.1, -0.05) is 6.07 Å². The Bertz CT molecular complexity index is 379. The van der Waals surface area contributed by atoms with Crippen LogP contribution in [0.15, 0.2) is 17.5 Å². The zero-order valence-corrected chi connectivity index (χ0v) is 8.55. The van der Waals surface area contributed by atoms with Crippen LogP contribution in [-0.4, -0.2) is 15.2 Å². The molecule has 5 heteroatoms. The number of nitrogens with one attached hydrogen (secondary N) is 1. The molecule has 3 N–H and O–H groups in total. The first-order chi connectivity index (χ1) is 6.84. The van der Waals surface area contributed by atoms with Gasteiger partial charge < -0.3 is 5.73 Å². The summed E-state index contributed by atoms with van der Waals surface area (Å²) in [5.41, 5.74) is 5.39. The molecule has 0 spiro atoms. The molecule has 2 heterocycles. The van der Waals surface area contributed by atoms with Crippen LogP contribution in [0.1, 0.15) is 17.1 Å². The van der Waals surface area contributed by atoms with E-state index in [1.54, 1.807) is 11.3 Å². The Morgan fingerprint density at radius 3 is 3.00 bits per heavy atom. The van der Waals surface area contributed by atoms with Gasteiger partial charge >= 0.3 is 0 Å². The van der Waals surface area contributed by atoms with Gasteiger partial charge in [0, 0.05) is 11.3 Å². The molecule has 0 fully saturated rings. The quantitative estimate of drug-likeness (QED) is 0.802. The van der Waals surface area contributed by atoms with Crippen LogP contribution in [0.25, 0.3) is 0 Å². The lowest BCUT2D eigenvalue weighted by Crippen LogP contribution is -1.91. The maximum atomic E-state index is 5.39. The normalized spacial score (nSPS) is 10.6. The van der Waals surface area contributed by atoms with Crippen molar-refractivity contribution in [1.82, 2.24) is 15.2 Å². The van der Waals surface area contributed by atoms with E-state index in [4.69, 9.17) is 5.73 Å². The molecule has 0 saturated heterocycles. The summed E-state index contributed by atoms with van der Waals surface area (Å²) in [5, 5.41) is 8.68. The molecule has 14 heavy (non-hydrogen) atoms. The van der Waals surface area contributed by atoms with E-state index in [-0.39, 0.29) is 0 Å². The van der Waals surface area contributed by atoms with E-state index in [0.29, 0.717) is 5.95 Å². The summed E-state index contributed by atoms with van der Waals surface area (Å²) in [5.74, 6) is 1.20. The zero-order chi connectivity index (χ0) is 9.80. The van der Waals surface area contributed by atoms with Gasteiger partial charge in [-0.3, -0.25) is 5.10 Å². The number of hydrogen-bond donors (Lipinski definition) is 2. The molecule has 0 aliphatic heterocycles. The minimum absolute atomic E-state index is 0.330. The summed E-state index contributed by atoms with van der Waals surface area (Å²) in [6, 6.07) is 4.23. The standard InChI is InChI=1S/C9H12N4S/c10-9-11-8(12-13-9)5-1-3-7-4-2-6-14-7/h2,4,6H,1,3,5H2,(H3,10,11,12,13). The fourth-order valence-electron chi connectivity index (χ4n) is 1.31. The summed E-state index contributed by atoms with van der Waals surface area (Å²) in [4.78, 5) is 5.46. The average Bonchev–Trinajstić information content (AvgIpc) is 2.77. The van der Waals surface area contributed by atoms with Crippen LogP contribution in [0.3, 0.4) is 0 Å². The number of nitrogen functional groups attached to an aromatic ring is 1. The van der Waals surface area contributed by atoms with Gasteiger partial charge in [-0.15, -0.1) is 16.4 Å². The second-order valence-electron chi connectivity index (χ2n) is 3.07. The summed E-state index contributed by atoms with van der Waals surface area (Å²) < 4.78 is 0. The van der Waals surface area contributed by atoms with E-state index < -0.39 is 0 Å². The fraction of sp³-hybridized carbons (Fsp3) is 0.333. The van der Waals surface area contributed by atoms with Crippen molar-refractivity contribution in [2.75, 3.05) is 5.73 Å². The van der Waals surface area contributed by atoms with Gasteiger partial charge in [-0.2, -0.15) is 4.98 Å². The minimum atomic E-state index is 0.330. The molecule has 2 rings (SSSR count). The van der Waals surface area contributed by atoms with Gasteiger partial charge in [0.05, 0.1) is 0 Å². The van der Waals surface area contributed by atoms with Crippen LogP contribution in [0, 0.1) is 0 Å². The molecular formula is C9H12N4S. The summed E-state index contributed by atoms with van der Waals surface area (Å²) in [6.07, 6.45) is 3.08. The summed E-state index contributed by atoms with van der Waals surface area (Å²) >= 11 is 1.79. The Balaban J connectivity index is 1.78. The molecule has 74 valence electrons. The number of rotatable bonds is 4. The van der Waals surface area contributed by atoms with Crippen molar-refractivity contribution in [3.05, 3.63) is 28.2 Å². The maximum absolute atomic E-state index is 5.39. The number of nitrogens with two attached hydrogens (primary N) is 1. The summed E-state index contributed by atoms with van der Waals surface area (Å²) in [6.45, 7) is 0. The van der Waals surface area contributed by atoms with Crippen LogP contribution in [0.5, 0.6) is 0 Å². The Kier molecular flexibility index (Phi) is 2.78. The first-order valence-electron chi connectivity index (χ1n) is 4.54. The van der Waals surface area contributed by atoms with E-state index in [1.165, 1.54) is 4.88 Å². The van der Waals surface area contributed by atoms with Crippen molar-refractivity contribution in [2.45, 2.75) is 19.3 Å². The Labute approximate surface area is 86.2 Å². The number of anilines is 1. The van der Waals surface area contributed by atoms with Crippen LogP contribution in [0.2, 0.25) is 0 Å². The van der Waals surface area contributed by atoms with Crippen molar-refractivity contribution in [2.24, 2.45) is 0 Å². The van der Waals surface area contributed by atoms with Crippen molar-refractivity contribution in [3.8, 4) is 0 Å². The molecule has 2 aromatic rings. The molecule has 0 aliphatic rings. The zero-order valence-electron chi connectivity index (χ0n) is 7.73. The van der Waals surface area contributed by atoms with Gasteiger partial charge in [-0.25, -0.2) is 0 Å². The number of aromatic nitrogens is 3. The third-order valence-electron chi connectivity index (χ3n) is 1.97. The van der Waals surface area contributed by atoms with Crippen LogP contribution in [-0.2, 0) is 12.8 Å². The summed E-state index contributed by atoms with van der Waals surface area (Å²) in [7, 11) is 0. The van der Waals surface area contributed by atoms with Gasteiger partial charge in [0.15, 0.2) is 0 Å². The van der Waals surface area contributed by atoms with E-state index in [0.717, 1.165) is 25.1 Å². The molecule has 0 radical (unpaired) electrons. The number of aryl methyl sites for hydroxylation is 2. The predicted octanol–water partition coefficient (Wildman–Crippen LogP) is 1.62. The molecule has 0 saturated carbocycles. The monoisotopic (exact) mass is 208 g/mol. The Morgan fingerprint density at radius 2 is 2.36 bits per heavy atom. The minimum Gasteiger partial charge on any atom is -0.367 e. The highest BCUT2D eigenvalue weighted by Gasteiger charge is 2.00. The number of aromatic amines is 1. The van der Waals surface area contributed by atoms with Crippen LogP contribution >= 0.6 is 11.3 Å². The lowest BCUT2D eigenvalue weighted by Gasteiger charge is -1.94. The highest BCUT2D eigenvalue weighted by Crippen LogP contribution is 2.12. The maximum Gasteiger partial charge on any atom is 0.239 e. The molecule has 2 aromatic heterocycles. The van der Waals surface area contributed by atoms with E-state index >= 15 is 0 Å². The molecule has 4 nitrogen and oxygen atoms in total. The SMILES string of the molecule is Nc1n[nH]c(CCCc2cccs2)n1. The van der Waals surface area contributed by atoms with E-state index in [2.05, 4.69) is 32.7 Å². The first-order valence-corrected chi connectivity index (χ1v) is 5.42. The Morgan fingerprint density at radius 1 is 1.43 bits per heavy atom. The largest absolute Gasteiger partial charge is 0.367 e. The van der Waals surface area contributed by atoms with Crippen molar-refractivity contribution in [3.63, 3.8) is 0 Å². The Hall–Kier alpha value is -1.36. The highest BCUT2D eigenvalue weighted by atomic mass is 32.1. The third kappa shape index (κ3) is 2.32. The second-order valence-corrected chi connectivity index (χ2v) is 4.11. The number of thiophene rings is 1. The lowest BCUT2D eigenvalue weighted by atomic mass is 10.2. The second kappa shape index (κ2) is 4.23. The first kappa shape index (κ1) is 9.21. The van der Waals surface area contributed by atoms with Gasteiger partial charge in [0.2, 0.25) is 5.95 Å². The van der Waals surface area contributed by atoms with Crippen LogP contribution in [0.4, 0.5) is 5.95 Å². The molecule has 0 bridgehead atoms. The van der Waals surface area contributed by atoms with Gasteiger partial charge in [0.1, 0.15) is 5.82 Å². The molecule has 0 amide bonds. The molecule has 0 atom stereocenters. The van der Waals surface area contributed by atoms with Crippen molar-refractivity contribution < 1.29 is 0 Å². The van der Waals surface area contributed by atoms with Gasteiger partial charge in [-0.05, 0) is 24.3 Å². The highest BCUT2D eigenvalue weighted by molar-refractivity contribution is 7.09. The molecule has 0 aromatic carbocycles. The molecule has 0 aliphatic carbocycles.